The van der Waals surface area contributed by atoms with E-state index in [1.54, 1.807) is 34.0 Å². The van der Waals surface area contributed by atoms with E-state index in [1.807, 2.05) is 49.4 Å². The molecule has 38 heavy (non-hydrogen) atoms. The molecule has 2 heterocycles. The van der Waals surface area contributed by atoms with Crippen LogP contribution in [0.25, 0.3) is 16.6 Å². The Bertz CT molecular complexity index is 1460. The number of carbonyl (C=O) groups excluding carboxylic acids is 2. The van der Waals surface area contributed by atoms with Crippen LogP contribution in [0.3, 0.4) is 0 Å². The van der Waals surface area contributed by atoms with Crippen LogP contribution in [0.5, 0.6) is 0 Å². The molecule has 0 radical (unpaired) electrons. The third-order valence-electron chi connectivity index (χ3n) is 7.05. The molecular weight excluding hydrogens is 493 g/mol. The Kier molecular flexibility index (Phi) is 6.69. The summed E-state index contributed by atoms with van der Waals surface area (Å²) < 4.78 is 42.8. The van der Waals surface area contributed by atoms with Crippen molar-refractivity contribution in [2.75, 3.05) is 4.90 Å². The maximum atomic E-state index is 13.9. The van der Waals surface area contributed by atoms with Crippen LogP contribution in [0.15, 0.2) is 79.0 Å². The first kappa shape index (κ1) is 25.5. The molecule has 1 fully saturated rings. The minimum absolute atomic E-state index is 0.240. The molecule has 5 rings (SSSR count). The molecule has 196 valence electrons. The summed E-state index contributed by atoms with van der Waals surface area (Å²) in [6.07, 6.45) is 2.41. The largest absolute Gasteiger partial charge is 0.345 e. The van der Waals surface area contributed by atoms with Crippen molar-refractivity contribution in [1.29, 1.82) is 0 Å². The molecule has 3 atom stereocenters. The van der Waals surface area contributed by atoms with E-state index in [0.29, 0.717) is 31.1 Å². The van der Waals surface area contributed by atoms with Gasteiger partial charge < -0.3 is 10.2 Å². The summed E-state index contributed by atoms with van der Waals surface area (Å²) in [5, 5.41) is 7.66. The molecule has 0 aliphatic carbocycles. The first-order valence-corrected chi connectivity index (χ1v) is 12.5. The number of halogens is 3. The van der Waals surface area contributed by atoms with E-state index >= 15 is 0 Å². The van der Waals surface area contributed by atoms with Crippen molar-refractivity contribution in [1.82, 2.24) is 15.1 Å². The molecule has 1 aromatic heterocycles. The van der Waals surface area contributed by atoms with Crippen LogP contribution in [-0.2, 0) is 16.0 Å². The van der Waals surface area contributed by atoms with Crippen LogP contribution in [0.2, 0.25) is 0 Å². The third kappa shape index (κ3) is 4.76. The monoisotopic (exact) mass is 520 g/mol. The Hall–Kier alpha value is -4.14. The Morgan fingerprint density at radius 2 is 1.71 bits per heavy atom. The van der Waals surface area contributed by atoms with E-state index in [-0.39, 0.29) is 11.7 Å². The number of hydrogen-bond acceptors (Lipinski definition) is 3. The number of anilines is 1. The van der Waals surface area contributed by atoms with Gasteiger partial charge in [-0.05, 0) is 60.9 Å². The zero-order chi connectivity index (χ0) is 27.0. The number of rotatable bonds is 7. The maximum Gasteiger partial charge on any atom is 0.321 e. The second-order valence-electron chi connectivity index (χ2n) is 9.64. The lowest BCUT2D eigenvalue weighted by Gasteiger charge is -2.29. The molecule has 4 aromatic rings. The Balaban J connectivity index is 1.52. The summed E-state index contributed by atoms with van der Waals surface area (Å²) in [5.41, 5.74) is 2.91. The highest BCUT2D eigenvalue weighted by Crippen LogP contribution is 2.36. The summed E-state index contributed by atoms with van der Waals surface area (Å²) in [5.74, 6) is -6.27. The molecule has 2 unspecified atom stereocenters. The molecule has 9 heteroatoms. The van der Waals surface area contributed by atoms with Crippen molar-refractivity contribution in [3.05, 3.63) is 90.4 Å². The number of amides is 2. The predicted octanol–water partition coefficient (Wildman–Crippen LogP) is 5.29. The molecule has 3 aromatic carbocycles. The Morgan fingerprint density at radius 1 is 1.03 bits per heavy atom. The van der Waals surface area contributed by atoms with E-state index in [4.69, 9.17) is 0 Å². The number of hydrogen-bond donors (Lipinski definition) is 1. The summed E-state index contributed by atoms with van der Waals surface area (Å²) in [6.45, 7) is 2.42. The molecule has 1 aliphatic heterocycles. The molecule has 1 aliphatic rings. The molecule has 6 nitrogen and oxygen atoms in total. The molecule has 1 saturated heterocycles. The lowest BCUT2D eigenvalue weighted by Crippen LogP contribution is -2.51. The Labute approximate surface area is 218 Å². The van der Waals surface area contributed by atoms with E-state index in [9.17, 15) is 22.8 Å². The highest BCUT2D eigenvalue weighted by Gasteiger charge is 2.50. The van der Waals surface area contributed by atoms with Crippen LogP contribution < -0.4 is 10.2 Å². The minimum atomic E-state index is -3.57. The molecule has 1 N–H and O–H groups in total. The highest BCUT2D eigenvalue weighted by molar-refractivity contribution is 6.01. The van der Waals surface area contributed by atoms with Gasteiger partial charge in [0.2, 0.25) is 5.91 Å². The fourth-order valence-electron chi connectivity index (χ4n) is 5.20. The van der Waals surface area contributed by atoms with Gasteiger partial charge in [-0.1, -0.05) is 37.3 Å². The molecule has 0 saturated carbocycles. The van der Waals surface area contributed by atoms with Gasteiger partial charge in [0, 0.05) is 18.0 Å². The quantitative estimate of drug-likeness (QED) is 0.360. The van der Waals surface area contributed by atoms with E-state index in [0.717, 1.165) is 16.5 Å². The Morgan fingerprint density at radius 3 is 2.37 bits per heavy atom. The standard InChI is InChI=1S/C29H27F3N4O2/c1-3-24-26(34-28(38)29(2,31)32)23(15-18-7-5-4-6-8-18)27(37)35(24)22-13-14-25-19(16-22)17-33-36(25)21-11-9-20(30)10-12-21/h4-14,16-17,23-24,26H,3,15H2,1-2H3,(H,34,38)/t23?,24?,26-/m0/s1. The van der Waals surface area contributed by atoms with Gasteiger partial charge in [-0.3, -0.25) is 9.59 Å². The van der Waals surface area contributed by atoms with Gasteiger partial charge in [0.15, 0.2) is 0 Å². The van der Waals surface area contributed by atoms with Gasteiger partial charge >= 0.3 is 5.92 Å². The molecule has 0 bridgehead atoms. The van der Waals surface area contributed by atoms with Crippen molar-refractivity contribution in [2.24, 2.45) is 5.92 Å². The SMILES string of the molecule is CCC1[C@@H](NC(=O)C(C)(F)F)C(Cc2ccccc2)C(=O)N1c1ccc2c(cnn2-c2ccc(F)cc2)c1. The maximum absolute atomic E-state index is 13.9. The van der Waals surface area contributed by atoms with Gasteiger partial charge in [-0.15, -0.1) is 0 Å². The molecule has 2 amide bonds. The zero-order valence-corrected chi connectivity index (χ0v) is 20.9. The normalized spacial score (nSPS) is 19.8. The van der Waals surface area contributed by atoms with Crippen molar-refractivity contribution in [3.8, 4) is 5.69 Å². The van der Waals surface area contributed by atoms with Crippen LogP contribution in [0.1, 0.15) is 25.8 Å². The summed E-state index contributed by atoms with van der Waals surface area (Å²) in [4.78, 5) is 27.8. The number of aromatic nitrogens is 2. The number of benzene rings is 3. The van der Waals surface area contributed by atoms with E-state index in [2.05, 4.69) is 10.4 Å². The lowest BCUT2D eigenvalue weighted by atomic mass is 9.90. The van der Waals surface area contributed by atoms with Crippen LogP contribution >= 0.6 is 0 Å². The zero-order valence-electron chi connectivity index (χ0n) is 20.9. The minimum Gasteiger partial charge on any atom is -0.345 e. The van der Waals surface area contributed by atoms with E-state index in [1.165, 1.54) is 12.1 Å². The summed E-state index contributed by atoms with van der Waals surface area (Å²) in [6, 6.07) is 19.4. The summed E-state index contributed by atoms with van der Waals surface area (Å²) in [7, 11) is 0. The highest BCUT2D eigenvalue weighted by atomic mass is 19.3. The van der Waals surface area contributed by atoms with Gasteiger partial charge in [0.25, 0.3) is 5.91 Å². The third-order valence-corrected chi connectivity index (χ3v) is 7.05. The van der Waals surface area contributed by atoms with Gasteiger partial charge in [0.1, 0.15) is 5.82 Å². The lowest BCUT2D eigenvalue weighted by molar-refractivity contribution is -0.144. The number of alkyl halides is 2. The van der Waals surface area contributed by atoms with E-state index < -0.39 is 29.8 Å². The topological polar surface area (TPSA) is 67.2 Å². The van der Waals surface area contributed by atoms with Crippen LogP contribution in [0, 0.1) is 11.7 Å². The predicted molar refractivity (Wildman–Crippen MR) is 139 cm³/mol. The average Bonchev–Trinajstić information content (AvgIpc) is 3.43. The molecule has 0 spiro atoms. The number of nitrogens with one attached hydrogen (secondary N) is 1. The second kappa shape index (κ2) is 9.96. The fraction of sp³-hybridized carbons (Fsp3) is 0.276. The number of nitrogens with zero attached hydrogens (tertiary/aromatic N) is 3. The van der Waals surface area contributed by atoms with Crippen molar-refractivity contribution in [2.45, 2.75) is 44.7 Å². The van der Waals surface area contributed by atoms with Crippen molar-refractivity contribution in [3.63, 3.8) is 0 Å². The first-order valence-electron chi connectivity index (χ1n) is 12.5. The average molecular weight is 521 g/mol. The van der Waals surface area contributed by atoms with Gasteiger partial charge in [0.05, 0.1) is 35.4 Å². The molecular formula is C29H27F3N4O2. The second-order valence-corrected chi connectivity index (χ2v) is 9.64. The fourth-order valence-corrected chi connectivity index (χ4v) is 5.20. The number of carbonyl (C=O) groups is 2. The first-order chi connectivity index (χ1) is 18.2. The van der Waals surface area contributed by atoms with Gasteiger partial charge in [-0.2, -0.15) is 13.9 Å². The number of fused-ring (bicyclic) bond motifs is 1. The van der Waals surface area contributed by atoms with Crippen LogP contribution in [0.4, 0.5) is 18.9 Å². The van der Waals surface area contributed by atoms with Gasteiger partial charge in [-0.25, -0.2) is 9.07 Å². The van der Waals surface area contributed by atoms with Crippen LogP contribution in [-0.4, -0.2) is 39.6 Å². The summed E-state index contributed by atoms with van der Waals surface area (Å²) >= 11 is 0. The smallest absolute Gasteiger partial charge is 0.321 e. The van der Waals surface area contributed by atoms with Crippen molar-refractivity contribution < 1.29 is 22.8 Å². The van der Waals surface area contributed by atoms with Crippen molar-refractivity contribution >= 4 is 28.4 Å².